The van der Waals surface area contributed by atoms with Crippen molar-refractivity contribution in [3.8, 4) is 0 Å². The molecule has 0 spiro atoms. The number of esters is 1. The molecule has 4 nitrogen and oxygen atoms in total. The van der Waals surface area contributed by atoms with E-state index in [2.05, 4.69) is 10.3 Å². The van der Waals surface area contributed by atoms with Gasteiger partial charge in [0, 0.05) is 5.38 Å². The first-order valence-electron chi connectivity index (χ1n) is 4.57. The van der Waals surface area contributed by atoms with Crippen LogP contribution in [0.5, 0.6) is 0 Å². The highest BCUT2D eigenvalue weighted by molar-refractivity contribution is 7.07. The number of ether oxygens (including phenoxy) is 1. The summed E-state index contributed by atoms with van der Waals surface area (Å²) in [6.07, 6.45) is 0. The monoisotopic (exact) mass is 214 g/mol. The third-order valence-electron chi connectivity index (χ3n) is 1.68. The van der Waals surface area contributed by atoms with Crippen molar-refractivity contribution in [3.05, 3.63) is 16.6 Å². The van der Waals surface area contributed by atoms with E-state index in [1.165, 1.54) is 11.3 Å². The van der Waals surface area contributed by atoms with Crippen LogP contribution < -0.4 is 5.32 Å². The number of nitrogens with one attached hydrogen (secondary N) is 1. The molecular formula is C9H14N2O2S. The first-order chi connectivity index (χ1) is 6.79. The summed E-state index contributed by atoms with van der Waals surface area (Å²) in [4.78, 5) is 15.6. The number of thiazole rings is 1. The third kappa shape index (κ3) is 2.78. The second-order valence-corrected chi connectivity index (χ2v) is 3.37. The maximum Gasteiger partial charge on any atom is 0.329 e. The molecule has 1 N–H and O–H groups in total. The second-order valence-electron chi connectivity index (χ2n) is 2.66. The average molecular weight is 214 g/mol. The predicted molar refractivity (Wildman–Crippen MR) is 55.2 cm³/mol. The molecule has 1 aromatic rings. The minimum Gasteiger partial charge on any atom is -0.465 e. The topological polar surface area (TPSA) is 51.2 Å². The van der Waals surface area contributed by atoms with Gasteiger partial charge in [-0.15, -0.1) is 11.3 Å². The van der Waals surface area contributed by atoms with E-state index in [1.807, 2.05) is 12.3 Å². The quantitative estimate of drug-likeness (QED) is 0.752. The van der Waals surface area contributed by atoms with Gasteiger partial charge in [-0.05, 0) is 13.5 Å². The average Bonchev–Trinajstić information content (AvgIpc) is 2.67. The van der Waals surface area contributed by atoms with E-state index in [0.717, 1.165) is 5.69 Å². The molecule has 0 fully saturated rings. The molecule has 0 amide bonds. The fourth-order valence-electron chi connectivity index (χ4n) is 1.10. The highest BCUT2D eigenvalue weighted by atomic mass is 32.1. The van der Waals surface area contributed by atoms with Crippen molar-refractivity contribution in [1.29, 1.82) is 0 Å². The summed E-state index contributed by atoms with van der Waals surface area (Å²) in [5.41, 5.74) is 2.44. The van der Waals surface area contributed by atoms with Crippen molar-refractivity contribution in [2.24, 2.45) is 0 Å². The largest absolute Gasteiger partial charge is 0.465 e. The number of rotatable bonds is 5. The fourth-order valence-corrected chi connectivity index (χ4v) is 1.68. The number of aromatic nitrogens is 1. The SMILES string of the molecule is CCNC(C(=O)OCC)c1cscn1. The fraction of sp³-hybridized carbons (Fsp3) is 0.556. The molecule has 1 heterocycles. The van der Waals surface area contributed by atoms with Crippen molar-refractivity contribution < 1.29 is 9.53 Å². The molecule has 1 atom stereocenters. The molecule has 1 aromatic heterocycles. The second kappa shape index (κ2) is 5.72. The molecule has 1 rings (SSSR count). The lowest BCUT2D eigenvalue weighted by Crippen LogP contribution is -2.30. The van der Waals surface area contributed by atoms with E-state index in [-0.39, 0.29) is 5.97 Å². The van der Waals surface area contributed by atoms with Gasteiger partial charge in [0.1, 0.15) is 6.04 Å². The van der Waals surface area contributed by atoms with Crippen molar-refractivity contribution in [2.45, 2.75) is 19.9 Å². The summed E-state index contributed by atoms with van der Waals surface area (Å²) in [6.45, 7) is 4.84. The van der Waals surface area contributed by atoms with Gasteiger partial charge in [0.15, 0.2) is 0 Å². The zero-order chi connectivity index (χ0) is 10.4. The van der Waals surface area contributed by atoms with Gasteiger partial charge in [0.25, 0.3) is 0 Å². The van der Waals surface area contributed by atoms with Crippen LogP contribution in [0, 0.1) is 0 Å². The van der Waals surface area contributed by atoms with Crippen LogP contribution in [-0.4, -0.2) is 24.1 Å². The van der Waals surface area contributed by atoms with Crippen molar-refractivity contribution >= 4 is 17.3 Å². The van der Waals surface area contributed by atoms with E-state index >= 15 is 0 Å². The van der Waals surface area contributed by atoms with Crippen molar-refractivity contribution in [2.75, 3.05) is 13.2 Å². The number of nitrogens with zero attached hydrogens (tertiary/aromatic N) is 1. The maximum atomic E-state index is 11.5. The van der Waals surface area contributed by atoms with Crippen LogP contribution in [0.15, 0.2) is 10.9 Å². The van der Waals surface area contributed by atoms with Gasteiger partial charge in [-0.2, -0.15) is 0 Å². The zero-order valence-electron chi connectivity index (χ0n) is 8.32. The Labute approximate surface area is 87.3 Å². The van der Waals surface area contributed by atoms with Gasteiger partial charge in [-0.1, -0.05) is 6.92 Å². The molecule has 0 radical (unpaired) electrons. The first-order valence-corrected chi connectivity index (χ1v) is 5.52. The summed E-state index contributed by atoms with van der Waals surface area (Å²) in [5.74, 6) is -0.264. The summed E-state index contributed by atoms with van der Waals surface area (Å²) in [7, 11) is 0. The van der Waals surface area contributed by atoms with E-state index in [0.29, 0.717) is 13.2 Å². The number of carbonyl (C=O) groups is 1. The molecule has 14 heavy (non-hydrogen) atoms. The van der Waals surface area contributed by atoms with Crippen LogP contribution >= 0.6 is 11.3 Å². The molecule has 5 heteroatoms. The minimum atomic E-state index is -0.425. The molecule has 0 saturated carbocycles. The Bertz CT molecular complexity index is 274. The first kappa shape index (κ1) is 11.1. The predicted octanol–water partition coefficient (Wildman–Crippen LogP) is 1.36. The van der Waals surface area contributed by atoms with Gasteiger partial charge in [-0.3, -0.25) is 5.32 Å². The van der Waals surface area contributed by atoms with Gasteiger partial charge in [-0.25, -0.2) is 9.78 Å². The Hall–Kier alpha value is -0.940. The highest BCUT2D eigenvalue weighted by Crippen LogP contribution is 2.14. The Balaban J connectivity index is 2.69. The molecule has 0 aliphatic carbocycles. The molecule has 0 aliphatic rings. The smallest absolute Gasteiger partial charge is 0.329 e. The summed E-state index contributed by atoms with van der Waals surface area (Å²) >= 11 is 1.47. The summed E-state index contributed by atoms with van der Waals surface area (Å²) in [6, 6.07) is -0.425. The molecular weight excluding hydrogens is 200 g/mol. The maximum absolute atomic E-state index is 11.5. The summed E-state index contributed by atoms with van der Waals surface area (Å²) in [5, 5.41) is 4.89. The van der Waals surface area contributed by atoms with Crippen LogP contribution in [0.25, 0.3) is 0 Å². The molecule has 0 bridgehead atoms. The molecule has 0 saturated heterocycles. The van der Waals surface area contributed by atoms with E-state index in [4.69, 9.17) is 4.74 Å². The zero-order valence-corrected chi connectivity index (χ0v) is 9.13. The Morgan fingerprint density at radius 1 is 1.71 bits per heavy atom. The lowest BCUT2D eigenvalue weighted by molar-refractivity contribution is -0.145. The Morgan fingerprint density at radius 3 is 3.00 bits per heavy atom. The minimum absolute atomic E-state index is 0.264. The van der Waals surface area contributed by atoms with Gasteiger partial charge < -0.3 is 4.74 Å². The van der Waals surface area contributed by atoms with Crippen LogP contribution in [0.1, 0.15) is 25.6 Å². The normalized spacial score (nSPS) is 12.4. The number of likely N-dealkylation sites (N-methyl/N-ethyl adjacent to an activating group) is 1. The Morgan fingerprint density at radius 2 is 2.50 bits per heavy atom. The van der Waals surface area contributed by atoms with Crippen LogP contribution in [-0.2, 0) is 9.53 Å². The van der Waals surface area contributed by atoms with E-state index in [9.17, 15) is 4.79 Å². The highest BCUT2D eigenvalue weighted by Gasteiger charge is 2.22. The summed E-state index contributed by atoms with van der Waals surface area (Å²) < 4.78 is 4.94. The lowest BCUT2D eigenvalue weighted by atomic mass is 10.2. The standard InChI is InChI=1S/C9H14N2O2S/c1-3-10-8(9(12)13-4-2)7-5-14-6-11-7/h5-6,8,10H,3-4H2,1-2H3. The molecule has 0 aromatic carbocycles. The molecule has 78 valence electrons. The van der Waals surface area contributed by atoms with Crippen LogP contribution in [0.2, 0.25) is 0 Å². The van der Waals surface area contributed by atoms with E-state index < -0.39 is 6.04 Å². The number of hydrogen-bond acceptors (Lipinski definition) is 5. The Kier molecular flexibility index (Phi) is 4.55. The molecule has 1 unspecified atom stereocenters. The van der Waals surface area contributed by atoms with Gasteiger partial charge in [0.05, 0.1) is 17.8 Å². The van der Waals surface area contributed by atoms with E-state index in [1.54, 1.807) is 12.4 Å². The van der Waals surface area contributed by atoms with Crippen LogP contribution in [0.4, 0.5) is 0 Å². The number of carbonyl (C=O) groups excluding carboxylic acids is 1. The van der Waals surface area contributed by atoms with Crippen molar-refractivity contribution in [3.63, 3.8) is 0 Å². The lowest BCUT2D eigenvalue weighted by Gasteiger charge is -2.13. The molecule has 0 aliphatic heterocycles. The van der Waals surface area contributed by atoms with Gasteiger partial charge >= 0.3 is 5.97 Å². The van der Waals surface area contributed by atoms with Crippen LogP contribution in [0.3, 0.4) is 0 Å². The third-order valence-corrected chi connectivity index (χ3v) is 2.28. The van der Waals surface area contributed by atoms with Crippen molar-refractivity contribution in [1.82, 2.24) is 10.3 Å². The number of hydrogen-bond donors (Lipinski definition) is 1. The van der Waals surface area contributed by atoms with Gasteiger partial charge in [0.2, 0.25) is 0 Å².